The molecule has 2 aromatic rings. The number of β-amino-alcohol motifs (C(OH)–C–C–N with tert-alkyl or cyclic N) is 1. The summed E-state index contributed by atoms with van der Waals surface area (Å²) in [6.07, 6.45) is -0.608. The van der Waals surface area contributed by atoms with Crippen molar-refractivity contribution in [3.63, 3.8) is 0 Å². The number of aryl methyl sites for hydroxylation is 1. The van der Waals surface area contributed by atoms with E-state index in [9.17, 15) is 23.9 Å². The third-order valence-corrected chi connectivity index (χ3v) is 8.34. The third-order valence-electron chi connectivity index (χ3n) is 7.21. The first kappa shape index (κ1) is 30.2. The smallest absolute Gasteiger partial charge is 0.258 e. The van der Waals surface area contributed by atoms with Crippen LogP contribution < -0.4 is 15.4 Å². The number of amides is 3. The van der Waals surface area contributed by atoms with E-state index in [1.165, 1.54) is 16.2 Å². The molecule has 3 amide bonds. The van der Waals surface area contributed by atoms with Crippen molar-refractivity contribution in [2.45, 2.75) is 77.4 Å². The minimum Gasteiger partial charge on any atom is -0.492 e. The molecule has 1 saturated heterocycles. The highest BCUT2D eigenvalue weighted by Gasteiger charge is 2.53. The Bertz CT molecular complexity index is 1260. The number of carbonyl (C=O) groups is 3. The maximum atomic E-state index is 14.4. The van der Waals surface area contributed by atoms with Gasteiger partial charge in [0.1, 0.15) is 24.4 Å². The molecule has 2 aliphatic rings. The van der Waals surface area contributed by atoms with Crippen LogP contribution in [0.4, 0.5) is 4.39 Å². The molecule has 2 heterocycles. The van der Waals surface area contributed by atoms with E-state index in [-0.39, 0.29) is 39.0 Å². The van der Waals surface area contributed by atoms with Crippen LogP contribution in [0.1, 0.15) is 51.3 Å². The van der Waals surface area contributed by atoms with Gasteiger partial charge in [0.15, 0.2) is 5.67 Å². The van der Waals surface area contributed by atoms with E-state index < -0.39 is 47.0 Å². The van der Waals surface area contributed by atoms with Crippen molar-refractivity contribution in [2.24, 2.45) is 5.41 Å². The molecule has 1 aliphatic carbocycles. The summed E-state index contributed by atoms with van der Waals surface area (Å²) in [4.78, 5) is 46.0. The molecule has 0 spiro atoms. The van der Waals surface area contributed by atoms with Gasteiger partial charge in [-0.05, 0) is 36.8 Å². The van der Waals surface area contributed by atoms with Crippen LogP contribution in [0, 0.1) is 12.3 Å². The van der Waals surface area contributed by atoms with Crippen molar-refractivity contribution >= 4 is 40.7 Å². The molecule has 2 fully saturated rings. The second-order valence-corrected chi connectivity index (χ2v) is 12.7. The average molecular weight is 595 g/mol. The van der Waals surface area contributed by atoms with E-state index in [0.717, 1.165) is 21.7 Å². The zero-order valence-electron chi connectivity index (χ0n) is 23.1. The second-order valence-electron chi connectivity index (χ2n) is 11.5. The molecule has 0 radical (unpaired) electrons. The van der Waals surface area contributed by atoms with E-state index in [1.807, 2.05) is 25.1 Å². The van der Waals surface area contributed by atoms with E-state index in [0.29, 0.717) is 11.6 Å². The molecule has 1 saturated carbocycles. The van der Waals surface area contributed by atoms with Crippen molar-refractivity contribution in [3.8, 4) is 16.2 Å². The maximum absolute atomic E-state index is 14.4. The predicted molar refractivity (Wildman–Crippen MR) is 151 cm³/mol. The number of carbonyl (C=O) groups excluding carboxylic acids is 3. The van der Waals surface area contributed by atoms with Gasteiger partial charge in [0.2, 0.25) is 11.8 Å². The van der Waals surface area contributed by atoms with E-state index in [2.05, 4.69) is 15.6 Å². The fraction of sp³-hybridized carbons (Fsp3) is 0.571. The summed E-state index contributed by atoms with van der Waals surface area (Å²) in [5, 5.41) is 15.8. The van der Waals surface area contributed by atoms with Crippen molar-refractivity contribution in [1.29, 1.82) is 0 Å². The maximum Gasteiger partial charge on any atom is 0.258 e. The highest BCUT2D eigenvalue weighted by Crippen LogP contribution is 2.40. The summed E-state index contributed by atoms with van der Waals surface area (Å²) >= 11 is 7.37. The molecule has 1 aliphatic heterocycles. The summed E-state index contributed by atoms with van der Waals surface area (Å²) in [6.45, 7) is 7.55. The lowest BCUT2D eigenvalue weighted by molar-refractivity contribution is -0.145. The van der Waals surface area contributed by atoms with Gasteiger partial charge in [-0.15, -0.1) is 22.9 Å². The Morgan fingerprint density at radius 1 is 1.32 bits per heavy atom. The van der Waals surface area contributed by atoms with Crippen LogP contribution >= 0.6 is 22.9 Å². The monoisotopic (exact) mass is 594 g/mol. The molecule has 0 unspecified atom stereocenters. The van der Waals surface area contributed by atoms with E-state index >= 15 is 0 Å². The van der Waals surface area contributed by atoms with Crippen LogP contribution in [0.2, 0.25) is 0 Å². The number of ether oxygens (including phenoxy) is 1. The summed E-state index contributed by atoms with van der Waals surface area (Å²) in [6, 6.07) is 3.67. The summed E-state index contributed by atoms with van der Waals surface area (Å²) < 4.78 is 20.2. The van der Waals surface area contributed by atoms with Crippen LogP contribution in [0.5, 0.6) is 5.75 Å². The Morgan fingerprint density at radius 2 is 2.05 bits per heavy atom. The molecule has 4 rings (SSSR count). The van der Waals surface area contributed by atoms with Gasteiger partial charge < -0.3 is 25.4 Å². The molecule has 9 nitrogen and oxygen atoms in total. The zero-order valence-corrected chi connectivity index (χ0v) is 24.7. The van der Waals surface area contributed by atoms with Gasteiger partial charge in [0, 0.05) is 25.1 Å². The number of nitrogens with zero attached hydrogens (tertiary/aromatic N) is 2. The molecule has 1 aromatic heterocycles. The minimum atomic E-state index is -1.94. The van der Waals surface area contributed by atoms with E-state index in [1.54, 1.807) is 26.3 Å². The number of alkyl halides is 2. The topological polar surface area (TPSA) is 121 Å². The number of hydrogen-bond acceptors (Lipinski definition) is 7. The lowest BCUT2D eigenvalue weighted by atomic mass is 9.85. The quantitative estimate of drug-likeness (QED) is 0.363. The number of halogens is 2. The molecule has 3 atom stereocenters. The number of rotatable bonds is 10. The summed E-state index contributed by atoms with van der Waals surface area (Å²) in [5.74, 6) is -0.929. The Labute approximate surface area is 242 Å². The number of nitrogens with one attached hydrogen (secondary N) is 2. The van der Waals surface area contributed by atoms with Gasteiger partial charge in [-0.2, -0.15) is 0 Å². The Kier molecular flexibility index (Phi) is 9.06. The van der Waals surface area contributed by atoms with Gasteiger partial charge in [0.25, 0.3) is 5.91 Å². The molecule has 3 N–H and O–H groups in total. The van der Waals surface area contributed by atoms with Crippen LogP contribution in [0.3, 0.4) is 0 Å². The van der Waals surface area contributed by atoms with Crippen LogP contribution in [0.25, 0.3) is 10.4 Å². The van der Waals surface area contributed by atoms with E-state index in [4.69, 9.17) is 16.3 Å². The van der Waals surface area contributed by atoms with Crippen LogP contribution in [-0.4, -0.2) is 75.6 Å². The normalized spacial score (nSPS) is 20.6. The fourth-order valence-corrected chi connectivity index (χ4v) is 5.60. The van der Waals surface area contributed by atoms with Gasteiger partial charge >= 0.3 is 0 Å². The summed E-state index contributed by atoms with van der Waals surface area (Å²) in [7, 11) is 0. The first-order chi connectivity index (χ1) is 18.8. The van der Waals surface area contributed by atoms with Crippen LogP contribution in [0.15, 0.2) is 23.7 Å². The number of aliphatic hydroxyl groups is 1. The SMILES string of the molecule is Cc1ncsc1-c1ccc(CNC(=O)[C@@H]2C[C@@H](O)CN2C(=O)[C@@H](NC(=O)C2(F)CC2)C(C)(C)C)c(OCCCl)c1. The third kappa shape index (κ3) is 6.75. The summed E-state index contributed by atoms with van der Waals surface area (Å²) in [5.41, 5.74) is 1.65. The number of benzene rings is 1. The van der Waals surface area contributed by atoms with Gasteiger partial charge in [0.05, 0.1) is 28.1 Å². The standard InChI is InChI=1S/C28H36ClFN4O5S/c1-16-22(40-15-32-16)17-5-6-18(21(11-17)39-10-9-29)13-31-24(36)20-12-19(35)14-34(20)25(37)23(27(2,3)4)33-26(38)28(30)7-8-28/h5-6,11,15,19-20,23,35H,7-10,12-14H2,1-4H3,(H,31,36)(H,33,38)/t19-,20+,23-/m1/s1. The second kappa shape index (κ2) is 12.0. The van der Waals surface area contributed by atoms with Gasteiger partial charge in [-0.1, -0.05) is 32.9 Å². The molecule has 12 heteroatoms. The predicted octanol–water partition coefficient (Wildman–Crippen LogP) is 3.35. The molecule has 0 bridgehead atoms. The number of aliphatic hydroxyl groups excluding tert-OH is 1. The lowest BCUT2D eigenvalue weighted by Gasteiger charge is -2.35. The molecule has 40 heavy (non-hydrogen) atoms. The van der Waals surface area contributed by atoms with Crippen molar-refractivity contribution in [3.05, 3.63) is 35.0 Å². The van der Waals surface area contributed by atoms with Crippen molar-refractivity contribution < 1.29 is 28.6 Å². The highest BCUT2D eigenvalue weighted by atomic mass is 35.5. The molecule has 218 valence electrons. The largest absolute Gasteiger partial charge is 0.492 e. The fourth-order valence-electron chi connectivity index (χ4n) is 4.72. The molecular formula is C28H36ClFN4O5S. The molecule has 1 aromatic carbocycles. The molecular weight excluding hydrogens is 559 g/mol. The number of thiazole rings is 1. The highest BCUT2D eigenvalue weighted by molar-refractivity contribution is 7.13. The van der Waals surface area contributed by atoms with Gasteiger partial charge in [-0.25, -0.2) is 9.37 Å². The minimum absolute atomic E-state index is 0.0502. The average Bonchev–Trinajstić information content (AvgIpc) is 3.31. The number of likely N-dealkylation sites (tertiary alicyclic amines) is 1. The Balaban J connectivity index is 1.49. The van der Waals surface area contributed by atoms with Gasteiger partial charge in [-0.3, -0.25) is 14.4 Å². The number of hydrogen-bond donors (Lipinski definition) is 3. The van der Waals surface area contributed by atoms with Crippen molar-refractivity contribution in [1.82, 2.24) is 20.5 Å². The van der Waals surface area contributed by atoms with Crippen LogP contribution in [-0.2, 0) is 20.9 Å². The van der Waals surface area contributed by atoms with Crippen molar-refractivity contribution in [2.75, 3.05) is 19.0 Å². The lowest BCUT2D eigenvalue weighted by Crippen LogP contribution is -2.59. The Morgan fingerprint density at radius 3 is 2.65 bits per heavy atom. The first-order valence-corrected chi connectivity index (χ1v) is 14.7. The zero-order chi connectivity index (χ0) is 29.2. The Hall–Kier alpha value is -2.76. The first-order valence-electron chi connectivity index (χ1n) is 13.3. The number of aromatic nitrogens is 1.